The highest BCUT2D eigenvalue weighted by Gasteiger charge is 2.14. The van der Waals surface area contributed by atoms with E-state index in [1.54, 1.807) is 11.3 Å². The molecule has 0 radical (unpaired) electrons. The lowest BCUT2D eigenvalue weighted by molar-refractivity contribution is 0.298. The summed E-state index contributed by atoms with van der Waals surface area (Å²) in [4.78, 5) is 8.21. The van der Waals surface area contributed by atoms with Crippen LogP contribution in [0.5, 0.6) is 0 Å². The lowest BCUT2D eigenvalue weighted by Crippen LogP contribution is -2.37. The minimum absolute atomic E-state index is 0.530. The highest BCUT2D eigenvalue weighted by molar-refractivity contribution is 7.15. The third-order valence-corrected chi connectivity index (χ3v) is 4.28. The van der Waals surface area contributed by atoms with Crippen LogP contribution in [0.1, 0.15) is 25.5 Å². The van der Waals surface area contributed by atoms with E-state index in [4.69, 9.17) is 0 Å². The molecular formula is C13H20N4S. The van der Waals surface area contributed by atoms with E-state index in [0.29, 0.717) is 6.04 Å². The first-order chi connectivity index (χ1) is 8.81. The van der Waals surface area contributed by atoms with Crippen LogP contribution in [0.2, 0.25) is 0 Å². The second-order valence-electron chi connectivity index (χ2n) is 5.11. The van der Waals surface area contributed by atoms with Crippen molar-refractivity contribution in [3.8, 4) is 0 Å². The molecule has 0 amide bonds. The topological polar surface area (TPSA) is 32.6 Å². The van der Waals surface area contributed by atoms with Gasteiger partial charge in [0.25, 0.3) is 0 Å². The molecule has 2 aromatic rings. The van der Waals surface area contributed by atoms with E-state index < -0.39 is 0 Å². The van der Waals surface area contributed by atoms with Crippen LogP contribution in [0, 0.1) is 0 Å². The van der Waals surface area contributed by atoms with Gasteiger partial charge in [-0.2, -0.15) is 0 Å². The Morgan fingerprint density at radius 3 is 3.06 bits per heavy atom. The molecule has 1 saturated heterocycles. The Morgan fingerprint density at radius 1 is 1.44 bits per heavy atom. The number of hydrogen-bond donors (Lipinski definition) is 1. The molecule has 1 aliphatic heterocycles. The van der Waals surface area contributed by atoms with Crippen LogP contribution in [-0.2, 0) is 6.54 Å². The molecule has 3 heterocycles. The highest BCUT2D eigenvalue weighted by atomic mass is 32.1. The van der Waals surface area contributed by atoms with Gasteiger partial charge in [-0.3, -0.25) is 4.40 Å². The summed E-state index contributed by atoms with van der Waals surface area (Å²) >= 11 is 1.68. The molecule has 1 unspecified atom stereocenters. The number of fused-ring (bicyclic) bond motifs is 1. The second kappa shape index (κ2) is 5.38. The number of thiazole rings is 1. The van der Waals surface area contributed by atoms with Crippen molar-refractivity contribution in [3.05, 3.63) is 23.5 Å². The van der Waals surface area contributed by atoms with Gasteiger partial charge < -0.3 is 10.2 Å². The first-order valence-electron chi connectivity index (χ1n) is 6.68. The van der Waals surface area contributed by atoms with Gasteiger partial charge >= 0.3 is 0 Å². The van der Waals surface area contributed by atoms with E-state index in [9.17, 15) is 0 Å². The van der Waals surface area contributed by atoms with Crippen molar-refractivity contribution in [2.24, 2.45) is 0 Å². The van der Waals surface area contributed by atoms with Crippen LogP contribution in [0.4, 0.5) is 0 Å². The number of nitrogens with one attached hydrogen (secondary N) is 1. The predicted octanol–water partition coefficient (Wildman–Crippen LogP) is 1.97. The summed E-state index contributed by atoms with van der Waals surface area (Å²) < 4.78 is 2.09. The van der Waals surface area contributed by atoms with Crippen molar-refractivity contribution in [1.82, 2.24) is 19.6 Å². The largest absolute Gasteiger partial charge is 0.307 e. The molecule has 0 spiro atoms. The Morgan fingerprint density at radius 2 is 2.28 bits per heavy atom. The van der Waals surface area contributed by atoms with E-state index in [1.807, 2.05) is 0 Å². The Bertz CT molecular complexity index is 469. The van der Waals surface area contributed by atoms with Crippen molar-refractivity contribution in [3.63, 3.8) is 0 Å². The number of likely N-dealkylation sites (tertiary alicyclic amines) is 1. The maximum absolute atomic E-state index is 4.58. The molecule has 18 heavy (non-hydrogen) atoms. The molecule has 1 aliphatic rings. The number of imidazole rings is 1. The third kappa shape index (κ3) is 2.74. The number of rotatable bonds is 5. The first kappa shape index (κ1) is 12.1. The van der Waals surface area contributed by atoms with Crippen molar-refractivity contribution < 1.29 is 0 Å². The molecule has 0 saturated carbocycles. The average molecular weight is 264 g/mol. The zero-order valence-corrected chi connectivity index (χ0v) is 11.6. The number of aromatic nitrogens is 2. The summed E-state index contributed by atoms with van der Waals surface area (Å²) in [5, 5.41) is 5.63. The quantitative estimate of drug-likeness (QED) is 0.896. The van der Waals surface area contributed by atoms with Gasteiger partial charge in [-0.1, -0.05) is 0 Å². The van der Waals surface area contributed by atoms with Crippen molar-refractivity contribution >= 4 is 16.3 Å². The summed E-state index contributed by atoms with van der Waals surface area (Å²) in [7, 11) is 0. The molecular weight excluding hydrogens is 244 g/mol. The van der Waals surface area contributed by atoms with Gasteiger partial charge in [-0.05, 0) is 32.9 Å². The molecule has 0 aliphatic carbocycles. The van der Waals surface area contributed by atoms with Gasteiger partial charge in [0.2, 0.25) is 0 Å². The molecule has 0 aromatic carbocycles. The van der Waals surface area contributed by atoms with Gasteiger partial charge in [0.15, 0.2) is 4.96 Å². The number of hydrogen-bond acceptors (Lipinski definition) is 4. The van der Waals surface area contributed by atoms with Crippen LogP contribution in [0.3, 0.4) is 0 Å². The SMILES string of the molecule is CC(CN1CCCC1)NCc1cn2ccsc2n1. The first-order valence-corrected chi connectivity index (χ1v) is 7.56. The Kier molecular flexibility index (Phi) is 3.63. The molecule has 4 nitrogen and oxygen atoms in total. The predicted molar refractivity (Wildman–Crippen MR) is 75.0 cm³/mol. The molecule has 5 heteroatoms. The van der Waals surface area contributed by atoms with Gasteiger partial charge in [0.05, 0.1) is 5.69 Å². The van der Waals surface area contributed by atoms with Crippen molar-refractivity contribution in [2.75, 3.05) is 19.6 Å². The Hall–Kier alpha value is -0.910. The zero-order valence-electron chi connectivity index (χ0n) is 10.8. The molecule has 1 N–H and O–H groups in total. The summed E-state index contributed by atoms with van der Waals surface area (Å²) in [6.07, 6.45) is 6.90. The van der Waals surface area contributed by atoms with Crippen molar-refractivity contribution in [2.45, 2.75) is 32.4 Å². The lowest BCUT2D eigenvalue weighted by Gasteiger charge is -2.20. The van der Waals surface area contributed by atoms with Crippen LogP contribution >= 0.6 is 11.3 Å². The minimum Gasteiger partial charge on any atom is -0.307 e. The smallest absolute Gasteiger partial charge is 0.193 e. The highest BCUT2D eigenvalue weighted by Crippen LogP contribution is 2.11. The van der Waals surface area contributed by atoms with Gasteiger partial charge in [-0.25, -0.2) is 4.98 Å². The maximum atomic E-state index is 4.58. The molecule has 3 rings (SSSR count). The molecule has 2 aromatic heterocycles. The average Bonchev–Trinajstić information content (AvgIpc) is 3.01. The minimum atomic E-state index is 0.530. The molecule has 1 atom stereocenters. The van der Waals surface area contributed by atoms with Crippen LogP contribution in [-0.4, -0.2) is 40.0 Å². The summed E-state index contributed by atoms with van der Waals surface area (Å²) in [5.74, 6) is 0. The fourth-order valence-electron chi connectivity index (χ4n) is 2.56. The zero-order chi connectivity index (χ0) is 12.4. The van der Waals surface area contributed by atoms with Crippen LogP contribution < -0.4 is 5.32 Å². The van der Waals surface area contributed by atoms with E-state index in [2.05, 4.69) is 44.3 Å². The second-order valence-corrected chi connectivity index (χ2v) is 5.99. The standard InChI is InChI=1S/C13H20N4S/c1-11(9-16-4-2-3-5-16)14-8-12-10-17-6-7-18-13(17)15-12/h6-7,10-11,14H,2-5,8-9H2,1H3. The summed E-state index contributed by atoms with van der Waals surface area (Å²) in [5.41, 5.74) is 1.13. The normalized spacial score (nSPS) is 18.7. The lowest BCUT2D eigenvalue weighted by atomic mass is 10.3. The van der Waals surface area contributed by atoms with Gasteiger partial charge in [0, 0.05) is 36.9 Å². The summed E-state index contributed by atoms with van der Waals surface area (Å²) in [6, 6.07) is 0.530. The molecule has 98 valence electrons. The van der Waals surface area contributed by atoms with Crippen LogP contribution in [0.25, 0.3) is 4.96 Å². The fraction of sp³-hybridized carbons (Fsp3) is 0.615. The van der Waals surface area contributed by atoms with E-state index >= 15 is 0 Å². The molecule has 1 fully saturated rings. The monoisotopic (exact) mass is 264 g/mol. The third-order valence-electron chi connectivity index (χ3n) is 3.51. The van der Waals surface area contributed by atoms with Crippen molar-refractivity contribution in [1.29, 1.82) is 0 Å². The Labute approximate surface area is 112 Å². The Balaban J connectivity index is 1.49. The number of nitrogens with zero attached hydrogens (tertiary/aromatic N) is 3. The van der Waals surface area contributed by atoms with Crippen LogP contribution in [0.15, 0.2) is 17.8 Å². The molecule has 0 bridgehead atoms. The van der Waals surface area contributed by atoms with E-state index in [0.717, 1.165) is 23.7 Å². The van der Waals surface area contributed by atoms with Gasteiger partial charge in [0.1, 0.15) is 0 Å². The fourth-order valence-corrected chi connectivity index (χ4v) is 3.28. The van der Waals surface area contributed by atoms with Gasteiger partial charge in [-0.15, -0.1) is 11.3 Å². The maximum Gasteiger partial charge on any atom is 0.193 e. The van der Waals surface area contributed by atoms with E-state index in [1.165, 1.54) is 25.9 Å². The van der Waals surface area contributed by atoms with E-state index in [-0.39, 0.29) is 0 Å². The summed E-state index contributed by atoms with van der Waals surface area (Å²) in [6.45, 7) is 6.82.